The summed E-state index contributed by atoms with van der Waals surface area (Å²) in [6.07, 6.45) is 1.55. The topological polar surface area (TPSA) is 49.3 Å². The summed E-state index contributed by atoms with van der Waals surface area (Å²) < 4.78 is 0. The molecule has 10 heavy (non-hydrogen) atoms. The lowest BCUT2D eigenvalue weighted by molar-refractivity contribution is -0.142. The van der Waals surface area contributed by atoms with Gasteiger partial charge in [-0.3, -0.25) is 4.79 Å². The SMILES string of the molecule is C[C@H]1C[C@H](C(=O)O)CCN1. The van der Waals surface area contributed by atoms with Crippen molar-refractivity contribution < 1.29 is 9.90 Å². The maximum atomic E-state index is 10.5. The highest BCUT2D eigenvalue weighted by molar-refractivity contribution is 5.70. The molecule has 58 valence electrons. The number of carboxylic acid groups (broad SMARTS) is 1. The summed E-state index contributed by atoms with van der Waals surface area (Å²) in [6.45, 7) is 2.87. The molecule has 0 aromatic carbocycles. The molecule has 0 unspecified atom stereocenters. The smallest absolute Gasteiger partial charge is 0.306 e. The van der Waals surface area contributed by atoms with E-state index in [-0.39, 0.29) is 5.92 Å². The minimum Gasteiger partial charge on any atom is -0.481 e. The summed E-state index contributed by atoms with van der Waals surface area (Å²) in [7, 11) is 0. The Bertz CT molecular complexity index is 136. The van der Waals surface area contributed by atoms with Gasteiger partial charge >= 0.3 is 5.97 Å². The molecule has 1 rings (SSSR count). The van der Waals surface area contributed by atoms with Crippen LogP contribution in [0.2, 0.25) is 0 Å². The monoisotopic (exact) mass is 143 g/mol. The summed E-state index contributed by atoms with van der Waals surface area (Å²) in [6, 6.07) is 0.370. The van der Waals surface area contributed by atoms with Gasteiger partial charge in [-0.1, -0.05) is 0 Å². The molecular weight excluding hydrogens is 130 g/mol. The maximum Gasteiger partial charge on any atom is 0.306 e. The Morgan fingerprint density at radius 3 is 2.80 bits per heavy atom. The van der Waals surface area contributed by atoms with E-state index in [1.807, 2.05) is 6.92 Å². The first-order chi connectivity index (χ1) is 4.70. The van der Waals surface area contributed by atoms with Crippen molar-refractivity contribution in [1.29, 1.82) is 0 Å². The zero-order valence-corrected chi connectivity index (χ0v) is 6.13. The molecule has 2 atom stereocenters. The lowest BCUT2D eigenvalue weighted by atomic mass is 9.94. The molecule has 0 radical (unpaired) electrons. The number of nitrogens with one attached hydrogen (secondary N) is 1. The fraction of sp³-hybridized carbons (Fsp3) is 0.857. The molecule has 1 aliphatic rings. The van der Waals surface area contributed by atoms with E-state index in [1.54, 1.807) is 0 Å². The molecule has 1 heterocycles. The maximum absolute atomic E-state index is 10.5. The first kappa shape index (κ1) is 7.54. The van der Waals surface area contributed by atoms with Gasteiger partial charge in [-0.15, -0.1) is 0 Å². The Morgan fingerprint density at radius 1 is 1.70 bits per heavy atom. The van der Waals surface area contributed by atoms with E-state index in [1.165, 1.54) is 0 Å². The molecule has 0 spiro atoms. The van der Waals surface area contributed by atoms with Crippen molar-refractivity contribution in [3.05, 3.63) is 0 Å². The van der Waals surface area contributed by atoms with Crippen LogP contribution in [0.4, 0.5) is 0 Å². The molecule has 2 N–H and O–H groups in total. The molecule has 3 heteroatoms. The predicted octanol–water partition coefficient (Wildman–Crippen LogP) is 0.459. The van der Waals surface area contributed by atoms with Gasteiger partial charge in [-0.05, 0) is 26.3 Å². The average Bonchev–Trinajstić information content (AvgIpc) is 1.88. The van der Waals surface area contributed by atoms with Crippen molar-refractivity contribution in [3.8, 4) is 0 Å². The third-order valence-electron chi connectivity index (χ3n) is 1.97. The number of piperidine rings is 1. The number of aliphatic carboxylic acids is 1. The number of carbonyl (C=O) groups is 1. The van der Waals surface area contributed by atoms with Gasteiger partial charge in [0.1, 0.15) is 0 Å². The fourth-order valence-corrected chi connectivity index (χ4v) is 1.36. The second kappa shape index (κ2) is 3.01. The highest BCUT2D eigenvalue weighted by Crippen LogP contribution is 2.15. The Kier molecular flexibility index (Phi) is 2.27. The number of rotatable bonds is 1. The molecule has 3 nitrogen and oxygen atoms in total. The Labute approximate surface area is 60.4 Å². The van der Waals surface area contributed by atoms with Crippen molar-refractivity contribution >= 4 is 5.97 Å². The summed E-state index contributed by atoms with van der Waals surface area (Å²) in [5.41, 5.74) is 0. The summed E-state index contributed by atoms with van der Waals surface area (Å²) in [5.74, 6) is -0.760. The summed E-state index contributed by atoms with van der Waals surface area (Å²) in [5, 5.41) is 11.8. The van der Waals surface area contributed by atoms with Crippen LogP contribution in [-0.2, 0) is 4.79 Å². The van der Waals surface area contributed by atoms with Crippen LogP contribution in [0.25, 0.3) is 0 Å². The number of carboxylic acids is 1. The first-order valence-electron chi connectivity index (χ1n) is 3.66. The van der Waals surface area contributed by atoms with Crippen LogP contribution in [0, 0.1) is 5.92 Å². The molecule has 0 aromatic rings. The zero-order chi connectivity index (χ0) is 7.56. The minimum atomic E-state index is -0.645. The Hall–Kier alpha value is -0.570. The van der Waals surface area contributed by atoms with Gasteiger partial charge < -0.3 is 10.4 Å². The molecular formula is C7H13NO2. The fourth-order valence-electron chi connectivity index (χ4n) is 1.36. The van der Waals surface area contributed by atoms with Crippen LogP contribution >= 0.6 is 0 Å². The van der Waals surface area contributed by atoms with Crippen molar-refractivity contribution in [1.82, 2.24) is 5.32 Å². The lowest BCUT2D eigenvalue weighted by Gasteiger charge is -2.24. The summed E-state index contributed by atoms with van der Waals surface area (Å²) >= 11 is 0. The van der Waals surface area contributed by atoms with Gasteiger partial charge in [0.15, 0.2) is 0 Å². The molecule has 1 fully saturated rings. The van der Waals surface area contributed by atoms with Gasteiger partial charge in [0.05, 0.1) is 5.92 Å². The average molecular weight is 143 g/mol. The van der Waals surface area contributed by atoms with Gasteiger partial charge in [-0.25, -0.2) is 0 Å². The van der Waals surface area contributed by atoms with Crippen LogP contribution in [0.1, 0.15) is 19.8 Å². The predicted molar refractivity (Wildman–Crippen MR) is 37.8 cm³/mol. The Morgan fingerprint density at radius 2 is 2.40 bits per heavy atom. The van der Waals surface area contributed by atoms with Gasteiger partial charge in [-0.2, -0.15) is 0 Å². The van der Waals surface area contributed by atoms with Crippen LogP contribution in [0.3, 0.4) is 0 Å². The quantitative estimate of drug-likeness (QED) is 0.560. The molecule has 1 aliphatic heterocycles. The van der Waals surface area contributed by atoms with Crippen LogP contribution in [0.15, 0.2) is 0 Å². The summed E-state index contributed by atoms with van der Waals surface area (Å²) in [4.78, 5) is 10.5. The standard InChI is InChI=1S/C7H13NO2/c1-5-4-6(7(9)10)2-3-8-5/h5-6,8H,2-4H2,1H3,(H,9,10)/t5-,6+/m0/s1. The van der Waals surface area contributed by atoms with E-state index in [0.717, 1.165) is 19.4 Å². The van der Waals surface area contributed by atoms with Crippen molar-refractivity contribution in [2.24, 2.45) is 5.92 Å². The van der Waals surface area contributed by atoms with Crippen LogP contribution in [0.5, 0.6) is 0 Å². The zero-order valence-electron chi connectivity index (χ0n) is 6.13. The normalized spacial score (nSPS) is 33.7. The van der Waals surface area contributed by atoms with Gasteiger partial charge in [0.2, 0.25) is 0 Å². The lowest BCUT2D eigenvalue weighted by Crippen LogP contribution is -2.38. The largest absolute Gasteiger partial charge is 0.481 e. The van der Waals surface area contributed by atoms with Crippen LogP contribution < -0.4 is 5.32 Å². The highest BCUT2D eigenvalue weighted by atomic mass is 16.4. The van der Waals surface area contributed by atoms with Gasteiger partial charge in [0.25, 0.3) is 0 Å². The number of hydrogen-bond acceptors (Lipinski definition) is 2. The van der Waals surface area contributed by atoms with E-state index >= 15 is 0 Å². The third-order valence-corrected chi connectivity index (χ3v) is 1.97. The van der Waals surface area contributed by atoms with Crippen LogP contribution in [-0.4, -0.2) is 23.7 Å². The van der Waals surface area contributed by atoms with Crippen molar-refractivity contribution in [2.75, 3.05) is 6.54 Å². The van der Waals surface area contributed by atoms with E-state index in [4.69, 9.17) is 5.11 Å². The molecule has 0 aromatic heterocycles. The molecule has 1 saturated heterocycles. The Balaban J connectivity index is 2.39. The van der Waals surface area contributed by atoms with Crippen molar-refractivity contribution in [3.63, 3.8) is 0 Å². The minimum absolute atomic E-state index is 0.115. The molecule has 0 amide bonds. The molecule has 0 bridgehead atoms. The van der Waals surface area contributed by atoms with Crippen molar-refractivity contribution in [2.45, 2.75) is 25.8 Å². The van der Waals surface area contributed by atoms with E-state index < -0.39 is 5.97 Å². The second-order valence-electron chi connectivity index (χ2n) is 2.91. The number of hydrogen-bond donors (Lipinski definition) is 2. The molecule has 0 saturated carbocycles. The van der Waals surface area contributed by atoms with E-state index in [9.17, 15) is 4.79 Å². The van der Waals surface area contributed by atoms with E-state index in [2.05, 4.69) is 5.32 Å². The second-order valence-corrected chi connectivity index (χ2v) is 2.91. The van der Waals surface area contributed by atoms with Gasteiger partial charge in [0, 0.05) is 6.04 Å². The molecule has 0 aliphatic carbocycles. The van der Waals surface area contributed by atoms with E-state index in [0.29, 0.717) is 6.04 Å². The third kappa shape index (κ3) is 1.70. The highest BCUT2D eigenvalue weighted by Gasteiger charge is 2.23. The first-order valence-corrected chi connectivity index (χ1v) is 3.66.